The van der Waals surface area contributed by atoms with Gasteiger partial charge in [0.1, 0.15) is 0 Å². The predicted octanol–water partition coefficient (Wildman–Crippen LogP) is 3.66. The summed E-state index contributed by atoms with van der Waals surface area (Å²) in [5, 5.41) is 3.33. The maximum absolute atomic E-state index is 12.0. The quantitative estimate of drug-likeness (QED) is 0.642. The number of benzene rings is 1. The second-order valence-electron chi connectivity index (χ2n) is 5.46. The molecule has 0 bridgehead atoms. The van der Waals surface area contributed by atoms with Crippen LogP contribution in [0.25, 0.3) is 5.70 Å². The summed E-state index contributed by atoms with van der Waals surface area (Å²) >= 11 is 0. The molecular formula is C18H18N2O2S. The first kappa shape index (κ1) is 15.4. The molecule has 2 aromatic rings. The average Bonchev–Trinajstić information content (AvgIpc) is 2.63. The van der Waals surface area contributed by atoms with Crippen molar-refractivity contribution in [1.82, 2.24) is 4.98 Å². The first-order valence-corrected chi connectivity index (χ1v) is 8.96. The van der Waals surface area contributed by atoms with Gasteiger partial charge in [0.25, 0.3) is 0 Å². The number of hydrogen-bond acceptors (Lipinski definition) is 4. The van der Waals surface area contributed by atoms with Crippen LogP contribution in [0.1, 0.15) is 21.5 Å². The zero-order valence-corrected chi connectivity index (χ0v) is 14.0. The summed E-state index contributed by atoms with van der Waals surface area (Å²) in [7, 11) is -0.406. The molecule has 23 heavy (non-hydrogen) atoms. The minimum absolute atomic E-state index is 0.366. The number of methoxy groups -OCH3 is 1. The summed E-state index contributed by atoms with van der Waals surface area (Å²) in [5.41, 5.74) is 3.85. The fraction of sp³-hybridized carbons (Fsp3) is 0.111. The molecule has 4 nitrogen and oxygen atoms in total. The number of pyridine rings is 1. The van der Waals surface area contributed by atoms with Gasteiger partial charge in [0.2, 0.25) is 0 Å². The van der Waals surface area contributed by atoms with Gasteiger partial charge in [-0.15, -0.1) is 0 Å². The highest BCUT2D eigenvalue weighted by Crippen LogP contribution is 2.51. The van der Waals surface area contributed by atoms with Gasteiger partial charge in [-0.2, -0.15) is 9.21 Å². The van der Waals surface area contributed by atoms with Gasteiger partial charge in [0, 0.05) is 33.4 Å². The Kier molecular flexibility index (Phi) is 3.53. The molecule has 1 N–H and O–H groups in total. The molecule has 0 radical (unpaired) electrons. The maximum Gasteiger partial charge on any atom is 0.338 e. The maximum atomic E-state index is 12.0. The van der Waals surface area contributed by atoms with E-state index < -0.39 is 9.21 Å². The van der Waals surface area contributed by atoms with E-state index in [0.717, 1.165) is 32.3 Å². The van der Waals surface area contributed by atoms with Crippen LogP contribution in [0, 0.1) is 6.92 Å². The van der Waals surface area contributed by atoms with Gasteiger partial charge in [0.05, 0.1) is 18.4 Å². The lowest BCUT2D eigenvalue weighted by atomic mass is 10.1. The van der Waals surface area contributed by atoms with E-state index in [1.807, 2.05) is 19.1 Å². The Labute approximate surface area is 136 Å². The molecule has 1 aliphatic rings. The van der Waals surface area contributed by atoms with Crippen molar-refractivity contribution in [1.29, 1.82) is 0 Å². The SMILES string of the molecule is C=C1Nc2c(ccc(C(=O)OC)c2C)S(=C)(=C)c2cnccc21. The number of esters is 1. The number of fused-ring (bicyclic) bond motifs is 2. The third-order valence-electron chi connectivity index (χ3n) is 4.06. The van der Waals surface area contributed by atoms with Crippen LogP contribution in [0.5, 0.6) is 0 Å². The standard InChI is InChI=1S/C18H18N2O2S/c1-11-13(18(21)22-3)6-7-15-17(11)20-12(2)14-8-9-19-10-16(14)23(15,4)5/h6-10,20H,2,4-5H2,1,3H3. The molecule has 0 amide bonds. The largest absolute Gasteiger partial charge is 0.465 e. The summed E-state index contributed by atoms with van der Waals surface area (Å²) < 4.78 is 4.86. The minimum Gasteiger partial charge on any atom is -0.465 e. The number of aromatic nitrogens is 1. The zero-order valence-electron chi connectivity index (χ0n) is 13.2. The molecule has 118 valence electrons. The Bertz CT molecular complexity index is 943. The van der Waals surface area contributed by atoms with Gasteiger partial charge in [-0.05, 0) is 30.7 Å². The smallest absolute Gasteiger partial charge is 0.338 e. The molecule has 0 spiro atoms. The molecule has 0 aliphatic carbocycles. The van der Waals surface area contributed by atoms with Crippen molar-refractivity contribution in [3.63, 3.8) is 0 Å². The molecule has 5 heteroatoms. The van der Waals surface area contributed by atoms with Crippen LogP contribution >= 0.6 is 9.21 Å². The Morgan fingerprint density at radius 2 is 2.00 bits per heavy atom. The lowest BCUT2D eigenvalue weighted by Gasteiger charge is -2.19. The van der Waals surface area contributed by atoms with Crippen LogP contribution in [-0.4, -0.2) is 29.8 Å². The molecule has 0 saturated carbocycles. The van der Waals surface area contributed by atoms with E-state index in [-0.39, 0.29) is 5.97 Å². The number of anilines is 1. The highest BCUT2D eigenvalue weighted by molar-refractivity contribution is 8.28. The van der Waals surface area contributed by atoms with Crippen molar-refractivity contribution in [3.05, 3.63) is 53.9 Å². The van der Waals surface area contributed by atoms with E-state index in [1.165, 1.54) is 7.11 Å². The second-order valence-corrected chi connectivity index (χ2v) is 8.11. The molecule has 1 aliphatic heterocycles. The van der Waals surface area contributed by atoms with Crippen molar-refractivity contribution in [2.45, 2.75) is 16.7 Å². The third-order valence-corrected chi connectivity index (χ3v) is 6.41. The van der Waals surface area contributed by atoms with Gasteiger partial charge in [0.15, 0.2) is 0 Å². The second kappa shape index (κ2) is 5.28. The van der Waals surface area contributed by atoms with Crippen LogP contribution in [0.4, 0.5) is 5.69 Å². The molecule has 0 atom stereocenters. The molecule has 3 rings (SSSR count). The lowest BCUT2D eigenvalue weighted by Crippen LogP contribution is -2.07. The summed E-state index contributed by atoms with van der Waals surface area (Å²) in [6, 6.07) is 5.57. The zero-order chi connectivity index (χ0) is 16.8. The summed E-state index contributed by atoms with van der Waals surface area (Å²) in [6.07, 6.45) is 3.53. The van der Waals surface area contributed by atoms with Crippen LogP contribution in [-0.2, 0) is 4.74 Å². The number of carbonyl (C=O) groups excluding carboxylic acids is 1. The summed E-state index contributed by atoms with van der Waals surface area (Å²) in [6.45, 7) is 6.00. The summed E-state index contributed by atoms with van der Waals surface area (Å²) in [4.78, 5) is 18.1. The van der Waals surface area contributed by atoms with E-state index >= 15 is 0 Å². The highest BCUT2D eigenvalue weighted by atomic mass is 32.2. The molecule has 1 aromatic heterocycles. The number of ether oxygens (including phenoxy) is 1. The Balaban J connectivity index is 2.35. The first-order chi connectivity index (χ1) is 10.9. The molecule has 0 fully saturated rings. The van der Waals surface area contributed by atoms with Crippen molar-refractivity contribution in [2.75, 3.05) is 12.4 Å². The van der Waals surface area contributed by atoms with Crippen LogP contribution < -0.4 is 5.32 Å². The van der Waals surface area contributed by atoms with Crippen molar-refractivity contribution < 1.29 is 9.53 Å². The molecule has 2 heterocycles. The van der Waals surface area contributed by atoms with E-state index in [1.54, 1.807) is 18.5 Å². The topological polar surface area (TPSA) is 51.2 Å². The van der Waals surface area contributed by atoms with Crippen molar-refractivity contribution in [3.8, 4) is 0 Å². The van der Waals surface area contributed by atoms with Gasteiger partial charge in [-0.25, -0.2) is 4.79 Å². The fourth-order valence-electron chi connectivity index (χ4n) is 2.78. The van der Waals surface area contributed by atoms with E-state index in [4.69, 9.17) is 4.74 Å². The molecule has 1 aromatic carbocycles. The number of nitrogens with zero attached hydrogens (tertiary/aromatic N) is 1. The minimum atomic E-state index is -1.78. The number of rotatable bonds is 1. The molecular weight excluding hydrogens is 308 g/mol. The normalized spacial score (nSPS) is 15.0. The van der Waals surface area contributed by atoms with Crippen LogP contribution in [0.2, 0.25) is 0 Å². The molecule has 0 saturated heterocycles. The fourth-order valence-corrected chi connectivity index (χ4v) is 4.81. The van der Waals surface area contributed by atoms with E-state index in [9.17, 15) is 4.79 Å². The summed E-state index contributed by atoms with van der Waals surface area (Å²) in [5.74, 6) is 8.39. The van der Waals surface area contributed by atoms with Crippen molar-refractivity contribution >= 4 is 38.3 Å². The monoisotopic (exact) mass is 326 g/mol. The first-order valence-electron chi connectivity index (χ1n) is 6.99. The highest BCUT2D eigenvalue weighted by Gasteiger charge is 2.24. The Hall–Kier alpha value is -2.53. The predicted molar refractivity (Wildman–Crippen MR) is 97.8 cm³/mol. The lowest BCUT2D eigenvalue weighted by molar-refractivity contribution is 0.0600. The number of hydrogen-bond donors (Lipinski definition) is 1. The van der Waals surface area contributed by atoms with Crippen molar-refractivity contribution in [2.24, 2.45) is 0 Å². The van der Waals surface area contributed by atoms with Crippen LogP contribution in [0.15, 0.2) is 47.0 Å². The van der Waals surface area contributed by atoms with E-state index in [0.29, 0.717) is 5.56 Å². The van der Waals surface area contributed by atoms with Gasteiger partial charge < -0.3 is 10.1 Å². The Morgan fingerprint density at radius 1 is 1.26 bits per heavy atom. The number of nitrogens with one attached hydrogen (secondary N) is 1. The number of carbonyl (C=O) groups is 1. The van der Waals surface area contributed by atoms with Gasteiger partial charge in [-0.1, -0.05) is 18.3 Å². The van der Waals surface area contributed by atoms with Crippen LogP contribution in [0.3, 0.4) is 0 Å². The van der Waals surface area contributed by atoms with Gasteiger partial charge >= 0.3 is 5.97 Å². The average molecular weight is 326 g/mol. The van der Waals surface area contributed by atoms with Gasteiger partial charge in [-0.3, -0.25) is 4.98 Å². The van der Waals surface area contributed by atoms with E-state index in [2.05, 4.69) is 28.6 Å². The third kappa shape index (κ3) is 2.24. The molecule has 0 unspecified atom stereocenters. The Morgan fingerprint density at radius 3 is 2.70 bits per heavy atom.